The number of ether oxygens (including phenoxy) is 3. The second-order valence-corrected chi connectivity index (χ2v) is 10.4. The highest BCUT2D eigenvalue weighted by molar-refractivity contribution is 6.32. The van der Waals surface area contributed by atoms with Crippen LogP contribution in [0.4, 0.5) is 4.79 Å². The predicted octanol–water partition coefficient (Wildman–Crippen LogP) is 4.70. The van der Waals surface area contributed by atoms with Crippen LogP contribution in [0.2, 0.25) is 5.02 Å². The van der Waals surface area contributed by atoms with Crippen molar-refractivity contribution < 1.29 is 23.8 Å². The lowest BCUT2D eigenvalue weighted by Crippen LogP contribution is -2.38. The van der Waals surface area contributed by atoms with Gasteiger partial charge in [-0.25, -0.2) is 9.36 Å². The minimum absolute atomic E-state index is 0.212. The Bertz CT molecular complexity index is 1320. The van der Waals surface area contributed by atoms with Crippen molar-refractivity contribution in [2.75, 3.05) is 39.5 Å². The van der Waals surface area contributed by atoms with Gasteiger partial charge in [-0.2, -0.15) is 0 Å². The van der Waals surface area contributed by atoms with Gasteiger partial charge in [0, 0.05) is 47.7 Å². The van der Waals surface area contributed by atoms with Gasteiger partial charge in [-0.3, -0.25) is 9.69 Å². The summed E-state index contributed by atoms with van der Waals surface area (Å²) < 4.78 is 18.7. The van der Waals surface area contributed by atoms with Crippen LogP contribution in [0, 0.1) is 0 Å². The highest BCUT2D eigenvalue weighted by Crippen LogP contribution is 2.37. The molecule has 2 aliphatic rings. The SMILES string of the molecule is CC(C)(C)OC(=O)n1c(-c2ccc(Cl)c3c2C(=O)NC3)cc2cc(OCCN3CCOCC3)ccc21. The molecule has 1 aromatic heterocycles. The summed E-state index contributed by atoms with van der Waals surface area (Å²) in [4.78, 5) is 28.4. The van der Waals surface area contributed by atoms with Crippen LogP contribution >= 0.6 is 11.6 Å². The van der Waals surface area contributed by atoms with Gasteiger partial charge < -0.3 is 19.5 Å². The summed E-state index contributed by atoms with van der Waals surface area (Å²) in [7, 11) is 0. The zero-order valence-electron chi connectivity index (χ0n) is 20.7. The van der Waals surface area contributed by atoms with E-state index in [1.165, 1.54) is 4.57 Å². The Labute approximate surface area is 215 Å². The Kier molecular flexibility index (Phi) is 6.68. The molecule has 8 nitrogen and oxygen atoms in total. The van der Waals surface area contributed by atoms with E-state index in [-0.39, 0.29) is 5.91 Å². The zero-order chi connectivity index (χ0) is 25.4. The fourth-order valence-electron chi connectivity index (χ4n) is 4.63. The molecule has 190 valence electrons. The van der Waals surface area contributed by atoms with Crippen molar-refractivity contribution in [3.8, 4) is 17.0 Å². The monoisotopic (exact) mass is 511 g/mol. The van der Waals surface area contributed by atoms with E-state index >= 15 is 0 Å². The second-order valence-electron chi connectivity index (χ2n) is 10.00. The predicted molar refractivity (Wildman–Crippen MR) is 138 cm³/mol. The van der Waals surface area contributed by atoms with Gasteiger partial charge in [-0.05, 0) is 51.1 Å². The van der Waals surface area contributed by atoms with Crippen LogP contribution < -0.4 is 10.1 Å². The van der Waals surface area contributed by atoms with Crippen LogP contribution in [0.3, 0.4) is 0 Å². The van der Waals surface area contributed by atoms with E-state index in [9.17, 15) is 9.59 Å². The van der Waals surface area contributed by atoms with Crippen LogP contribution in [-0.2, 0) is 16.0 Å². The first-order valence-corrected chi connectivity index (χ1v) is 12.5. The first-order valence-electron chi connectivity index (χ1n) is 12.1. The van der Waals surface area contributed by atoms with Crippen molar-refractivity contribution in [3.05, 3.63) is 52.5 Å². The van der Waals surface area contributed by atoms with Crippen molar-refractivity contribution in [2.24, 2.45) is 0 Å². The first kappa shape index (κ1) is 24.6. The van der Waals surface area contributed by atoms with E-state index < -0.39 is 11.7 Å². The number of halogens is 1. The van der Waals surface area contributed by atoms with Crippen LogP contribution in [0.15, 0.2) is 36.4 Å². The zero-order valence-corrected chi connectivity index (χ0v) is 21.5. The van der Waals surface area contributed by atoms with Gasteiger partial charge in [0.1, 0.15) is 18.0 Å². The van der Waals surface area contributed by atoms with Gasteiger partial charge in [0.25, 0.3) is 5.91 Å². The van der Waals surface area contributed by atoms with Crippen LogP contribution in [0.5, 0.6) is 5.75 Å². The molecular formula is C27H30ClN3O5. The quantitative estimate of drug-likeness (QED) is 0.534. The van der Waals surface area contributed by atoms with Crippen molar-refractivity contribution >= 4 is 34.5 Å². The topological polar surface area (TPSA) is 82.0 Å². The van der Waals surface area contributed by atoms with Gasteiger partial charge in [0.2, 0.25) is 0 Å². The number of hydrogen-bond acceptors (Lipinski definition) is 6. The van der Waals surface area contributed by atoms with E-state index in [0.717, 1.165) is 43.8 Å². The Morgan fingerprint density at radius 1 is 1.14 bits per heavy atom. The highest BCUT2D eigenvalue weighted by Gasteiger charge is 2.30. The number of carbonyl (C=O) groups excluding carboxylic acids is 2. The van der Waals surface area contributed by atoms with Crippen LogP contribution in [0.25, 0.3) is 22.2 Å². The van der Waals surface area contributed by atoms with Crippen molar-refractivity contribution in [2.45, 2.75) is 32.9 Å². The molecule has 2 aliphatic heterocycles. The van der Waals surface area contributed by atoms with E-state index in [0.29, 0.717) is 46.3 Å². The lowest BCUT2D eigenvalue weighted by atomic mass is 10.00. The Morgan fingerprint density at radius 2 is 1.92 bits per heavy atom. The van der Waals surface area contributed by atoms with E-state index in [2.05, 4.69) is 10.2 Å². The summed E-state index contributed by atoms with van der Waals surface area (Å²) in [6.07, 6.45) is -0.518. The molecule has 2 aromatic carbocycles. The number of amides is 1. The molecule has 1 N–H and O–H groups in total. The molecule has 0 aliphatic carbocycles. The van der Waals surface area contributed by atoms with Gasteiger partial charge in [-0.1, -0.05) is 17.7 Å². The standard InChI is InChI=1S/C27H30ClN3O5/c1-27(2,3)36-26(33)31-22-7-4-18(35-13-10-30-8-11-34-12-9-30)14-17(22)15-23(31)19-5-6-21(28)20-16-29-25(32)24(19)20/h4-7,14-15H,8-13,16H2,1-3H3,(H,29,32). The van der Waals surface area contributed by atoms with Gasteiger partial charge >= 0.3 is 6.09 Å². The number of benzene rings is 2. The molecule has 5 rings (SSSR count). The van der Waals surface area contributed by atoms with Crippen molar-refractivity contribution in [1.29, 1.82) is 0 Å². The number of fused-ring (bicyclic) bond motifs is 2. The molecule has 1 fully saturated rings. The maximum Gasteiger partial charge on any atom is 0.419 e. The lowest BCUT2D eigenvalue weighted by Gasteiger charge is -2.26. The third-order valence-electron chi connectivity index (χ3n) is 6.31. The smallest absolute Gasteiger partial charge is 0.419 e. The molecule has 36 heavy (non-hydrogen) atoms. The summed E-state index contributed by atoms with van der Waals surface area (Å²) in [5, 5.41) is 4.16. The summed E-state index contributed by atoms with van der Waals surface area (Å²) in [5.41, 5.74) is 2.38. The molecule has 0 bridgehead atoms. The molecule has 0 radical (unpaired) electrons. The third kappa shape index (κ3) is 4.93. The molecule has 1 saturated heterocycles. The Balaban J connectivity index is 1.52. The number of hydrogen-bond donors (Lipinski definition) is 1. The summed E-state index contributed by atoms with van der Waals surface area (Å²) in [6.45, 7) is 10.5. The van der Waals surface area contributed by atoms with E-state index in [1.807, 2.05) is 45.0 Å². The van der Waals surface area contributed by atoms with Crippen LogP contribution in [0.1, 0.15) is 36.7 Å². The highest BCUT2D eigenvalue weighted by atomic mass is 35.5. The Hall–Kier alpha value is -3.07. The minimum atomic E-state index is -0.688. The largest absolute Gasteiger partial charge is 0.492 e. The number of rotatable bonds is 5. The summed E-state index contributed by atoms with van der Waals surface area (Å²) in [5.74, 6) is 0.498. The van der Waals surface area contributed by atoms with Gasteiger partial charge in [0.15, 0.2) is 0 Å². The van der Waals surface area contributed by atoms with Crippen molar-refractivity contribution in [3.63, 3.8) is 0 Å². The van der Waals surface area contributed by atoms with Gasteiger partial charge in [0.05, 0.1) is 30.0 Å². The fourth-order valence-corrected chi connectivity index (χ4v) is 4.85. The minimum Gasteiger partial charge on any atom is -0.492 e. The number of nitrogens with zero attached hydrogens (tertiary/aromatic N) is 2. The second kappa shape index (κ2) is 9.76. The third-order valence-corrected chi connectivity index (χ3v) is 6.67. The molecule has 3 heterocycles. The lowest BCUT2D eigenvalue weighted by molar-refractivity contribution is 0.0322. The molecule has 0 saturated carbocycles. The normalized spacial score (nSPS) is 16.2. The van der Waals surface area contributed by atoms with E-state index in [4.69, 9.17) is 25.8 Å². The Morgan fingerprint density at radius 3 is 2.67 bits per heavy atom. The summed E-state index contributed by atoms with van der Waals surface area (Å²) >= 11 is 6.37. The number of morpholine rings is 1. The molecule has 0 atom stereocenters. The number of carbonyl (C=O) groups is 2. The van der Waals surface area contributed by atoms with Crippen molar-refractivity contribution in [1.82, 2.24) is 14.8 Å². The van der Waals surface area contributed by atoms with Gasteiger partial charge in [-0.15, -0.1) is 0 Å². The van der Waals surface area contributed by atoms with Crippen LogP contribution in [-0.4, -0.2) is 66.5 Å². The molecular weight excluding hydrogens is 482 g/mol. The molecule has 0 spiro atoms. The maximum absolute atomic E-state index is 13.4. The summed E-state index contributed by atoms with van der Waals surface area (Å²) in [6, 6.07) is 11.0. The molecule has 1 amide bonds. The molecule has 3 aromatic rings. The molecule has 0 unspecified atom stereocenters. The number of aromatic nitrogens is 1. The first-order chi connectivity index (χ1) is 17.2. The maximum atomic E-state index is 13.4. The number of nitrogens with one attached hydrogen (secondary N) is 1. The average Bonchev–Trinajstić information content (AvgIpc) is 3.40. The molecule has 9 heteroatoms. The fraction of sp³-hybridized carbons (Fsp3) is 0.407. The van der Waals surface area contributed by atoms with E-state index in [1.54, 1.807) is 12.1 Å². The average molecular weight is 512 g/mol.